The van der Waals surface area contributed by atoms with E-state index >= 15 is 0 Å². The molecule has 0 radical (unpaired) electrons. The molecule has 1 amide bonds. The van der Waals surface area contributed by atoms with E-state index in [0.717, 1.165) is 26.9 Å². The normalized spacial score (nSPS) is 11.3. The maximum Gasteiger partial charge on any atom is 0.254 e. The third-order valence-corrected chi connectivity index (χ3v) is 6.09. The van der Waals surface area contributed by atoms with E-state index in [-0.39, 0.29) is 11.7 Å². The lowest BCUT2D eigenvalue weighted by Gasteiger charge is -2.23. The summed E-state index contributed by atoms with van der Waals surface area (Å²) in [6.07, 6.45) is 0. The summed E-state index contributed by atoms with van der Waals surface area (Å²) in [5.41, 5.74) is 3.91. The molecule has 3 aromatic heterocycles. The van der Waals surface area contributed by atoms with Crippen LogP contribution >= 0.6 is 11.3 Å². The van der Waals surface area contributed by atoms with Crippen molar-refractivity contribution in [3.05, 3.63) is 93.4 Å². The number of para-hydroxylation sites is 1. The second-order valence-electron chi connectivity index (χ2n) is 7.34. The number of thiophene rings is 1. The Morgan fingerprint density at radius 2 is 1.94 bits per heavy atom. The Balaban J connectivity index is 1.58. The van der Waals surface area contributed by atoms with Gasteiger partial charge in [0.2, 0.25) is 0 Å². The number of halogens is 1. The number of hydrogen-bond acceptors (Lipinski definition) is 5. The number of pyridine rings is 1. The molecule has 0 fully saturated rings. The van der Waals surface area contributed by atoms with Crippen molar-refractivity contribution in [3.63, 3.8) is 0 Å². The molecule has 0 N–H and O–H groups in total. The van der Waals surface area contributed by atoms with Gasteiger partial charge in [-0.15, -0.1) is 16.4 Å². The molecule has 0 bridgehead atoms. The van der Waals surface area contributed by atoms with Crippen molar-refractivity contribution in [2.24, 2.45) is 0 Å². The van der Waals surface area contributed by atoms with Gasteiger partial charge in [0, 0.05) is 21.4 Å². The first-order chi connectivity index (χ1) is 15.1. The van der Waals surface area contributed by atoms with Crippen molar-refractivity contribution >= 4 is 33.8 Å². The standard InChI is InChI=1S/C23H18FN5OS/c1-15-4-2-5-17-12-18(22-25-26-27-29(22)21(15)17)13-28(14-20-6-3-11-31-20)23(30)16-7-9-19(24)10-8-16/h2-12H,13-14H2,1H3. The molecule has 0 atom stereocenters. The topological polar surface area (TPSA) is 63.4 Å². The summed E-state index contributed by atoms with van der Waals surface area (Å²) in [4.78, 5) is 16.1. The number of tetrazole rings is 1. The second kappa shape index (κ2) is 7.88. The molecular weight excluding hydrogens is 413 g/mol. The largest absolute Gasteiger partial charge is 0.329 e. The van der Waals surface area contributed by atoms with Gasteiger partial charge >= 0.3 is 0 Å². The van der Waals surface area contributed by atoms with Crippen LogP contribution in [0.5, 0.6) is 0 Å². The van der Waals surface area contributed by atoms with Gasteiger partial charge in [-0.3, -0.25) is 4.79 Å². The summed E-state index contributed by atoms with van der Waals surface area (Å²) in [6.45, 7) is 2.78. The average molecular weight is 431 g/mol. The van der Waals surface area contributed by atoms with Crippen molar-refractivity contribution < 1.29 is 9.18 Å². The van der Waals surface area contributed by atoms with E-state index in [0.29, 0.717) is 24.3 Å². The second-order valence-corrected chi connectivity index (χ2v) is 8.38. The highest BCUT2D eigenvalue weighted by molar-refractivity contribution is 7.09. The molecule has 31 heavy (non-hydrogen) atoms. The quantitative estimate of drug-likeness (QED) is 0.407. The Bertz CT molecular complexity index is 1380. The molecule has 0 aliphatic rings. The van der Waals surface area contributed by atoms with Crippen LogP contribution in [0.2, 0.25) is 0 Å². The van der Waals surface area contributed by atoms with Gasteiger partial charge in [-0.25, -0.2) is 4.39 Å². The highest BCUT2D eigenvalue weighted by atomic mass is 32.1. The number of carbonyl (C=O) groups excluding carboxylic acids is 1. The molecule has 5 rings (SSSR count). The Morgan fingerprint density at radius 1 is 1.10 bits per heavy atom. The third-order valence-electron chi connectivity index (χ3n) is 5.23. The molecular formula is C23H18FN5OS. The Kier molecular flexibility index (Phi) is 4.91. The summed E-state index contributed by atoms with van der Waals surface area (Å²) >= 11 is 1.59. The highest BCUT2D eigenvalue weighted by Gasteiger charge is 2.20. The highest BCUT2D eigenvalue weighted by Crippen LogP contribution is 2.25. The van der Waals surface area contributed by atoms with Crippen molar-refractivity contribution in [1.82, 2.24) is 24.9 Å². The van der Waals surface area contributed by atoms with Crippen LogP contribution in [0.25, 0.3) is 16.6 Å². The number of aryl methyl sites for hydroxylation is 1. The van der Waals surface area contributed by atoms with E-state index in [1.54, 1.807) is 20.8 Å². The van der Waals surface area contributed by atoms with Crippen LogP contribution in [0.4, 0.5) is 4.39 Å². The number of carbonyl (C=O) groups is 1. The van der Waals surface area contributed by atoms with Gasteiger partial charge < -0.3 is 4.90 Å². The first-order valence-corrected chi connectivity index (χ1v) is 10.6. The van der Waals surface area contributed by atoms with Crippen molar-refractivity contribution in [3.8, 4) is 0 Å². The van der Waals surface area contributed by atoms with Crippen molar-refractivity contribution in [2.45, 2.75) is 20.0 Å². The van der Waals surface area contributed by atoms with E-state index in [9.17, 15) is 9.18 Å². The molecule has 6 nitrogen and oxygen atoms in total. The van der Waals surface area contributed by atoms with Crippen LogP contribution in [0.15, 0.2) is 66.0 Å². The molecule has 0 aliphatic carbocycles. The monoisotopic (exact) mass is 431 g/mol. The fourth-order valence-corrected chi connectivity index (χ4v) is 4.48. The minimum absolute atomic E-state index is 0.177. The number of benzene rings is 2. The van der Waals surface area contributed by atoms with Crippen LogP contribution in [-0.4, -0.2) is 30.8 Å². The number of rotatable bonds is 5. The lowest BCUT2D eigenvalue weighted by molar-refractivity contribution is 0.0732. The number of nitrogens with zero attached hydrogens (tertiary/aromatic N) is 5. The first-order valence-electron chi connectivity index (χ1n) is 9.76. The van der Waals surface area contributed by atoms with Gasteiger partial charge in [-0.05, 0) is 64.7 Å². The zero-order valence-electron chi connectivity index (χ0n) is 16.7. The zero-order chi connectivity index (χ0) is 21.4. The Labute approximate surface area is 181 Å². The SMILES string of the molecule is Cc1cccc2cc(CN(Cc3cccs3)C(=O)c3ccc(F)cc3)c3nnnn3c12. The fraction of sp³-hybridized carbons (Fsp3) is 0.130. The summed E-state index contributed by atoms with van der Waals surface area (Å²) in [6, 6.07) is 17.6. The average Bonchev–Trinajstić information content (AvgIpc) is 3.45. The summed E-state index contributed by atoms with van der Waals surface area (Å²) in [5.74, 6) is -0.550. The number of fused-ring (bicyclic) bond motifs is 3. The summed E-state index contributed by atoms with van der Waals surface area (Å²) < 4.78 is 15.1. The molecule has 8 heteroatoms. The van der Waals surface area contributed by atoms with Gasteiger partial charge in [-0.1, -0.05) is 24.3 Å². The Hall–Kier alpha value is -3.65. The maximum absolute atomic E-state index is 13.4. The van der Waals surface area contributed by atoms with Gasteiger partial charge in [0.1, 0.15) is 5.82 Å². The molecule has 0 saturated heterocycles. The summed E-state index contributed by atoms with van der Waals surface area (Å²) in [5, 5.41) is 15.2. The van der Waals surface area contributed by atoms with E-state index < -0.39 is 0 Å². The minimum Gasteiger partial charge on any atom is -0.329 e. The molecule has 0 aliphatic heterocycles. The van der Waals surface area contributed by atoms with Gasteiger partial charge in [0.05, 0.1) is 18.6 Å². The predicted molar refractivity (Wildman–Crippen MR) is 117 cm³/mol. The lowest BCUT2D eigenvalue weighted by Crippen LogP contribution is -2.30. The van der Waals surface area contributed by atoms with Crippen molar-refractivity contribution in [2.75, 3.05) is 0 Å². The third kappa shape index (κ3) is 3.66. The zero-order valence-corrected chi connectivity index (χ0v) is 17.5. The van der Waals surface area contributed by atoms with E-state index in [1.165, 1.54) is 24.3 Å². The molecule has 0 spiro atoms. The molecule has 3 heterocycles. The lowest BCUT2D eigenvalue weighted by atomic mass is 10.1. The maximum atomic E-state index is 13.4. The fourth-order valence-electron chi connectivity index (χ4n) is 3.76. The molecule has 154 valence electrons. The van der Waals surface area contributed by atoms with Gasteiger partial charge in [-0.2, -0.15) is 4.52 Å². The molecule has 0 unspecified atom stereocenters. The number of aromatic nitrogens is 4. The predicted octanol–water partition coefficient (Wildman–Crippen LogP) is 4.63. The van der Waals surface area contributed by atoms with E-state index in [1.807, 2.05) is 48.7 Å². The number of amides is 1. The van der Waals surface area contributed by atoms with Crippen LogP contribution in [0, 0.1) is 12.7 Å². The van der Waals surface area contributed by atoms with E-state index in [4.69, 9.17) is 0 Å². The number of hydrogen-bond donors (Lipinski definition) is 0. The minimum atomic E-state index is -0.373. The summed E-state index contributed by atoms with van der Waals surface area (Å²) in [7, 11) is 0. The Morgan fingerprint density at radius 3 is 2.71 bits per heavy atom. The molecule has 0 saturated carbocycles. The van der Waals surface area contributed by atoms with E-state index in [2.05, 4.69) is 15.5 Å². The van der Waals surface area contributed by atoms with Crippen LogP contribution in [0.1, 0.15) is 26.4 Å². The van der Waals surface area contributed by atoms with Crippen LogP contribution in [0.3, 0.4) is 0 Å². The van der Waals surface area contributed by atoms with Crippen LogP contribution in [-0.2, 0) is 13.1 Å². The van der Waals surface area contributed by atoms with Crippen LogP contribution < -0.4 is 0 Å². The molecule has 5 aromatic rings. The molecule has 2 aromatic carbocycles. The van der Waals surface area contributed by atoms with Gasteiger partial charge in [0.25, 0.3) is 5.91 Å². The first kappa shape index (κ1) is 19.3. The smallest absolute Gasteiger partial charge is 0.254 e. The van der Waals surface area contributed by atoms with Gasteiger partial charge in [0.15, 0.2) is 5.65 Å². The van der Waals surface area contributed by atoms with Crippen molar-refractivity contribution in [1.29, 1.82) is 0 Å².